The molecule has 3 N–H and O–H groups in total. The zero-order valence-corrected chi connectivity index (χ0v) is 62.1. The highest BCUT2D eigenvalue weighted by Crippen LogP contribution is 2.37. The Morgan fingerprint density at radius 1 is 0.610 bits per heavy atom. The van der Waals surface area contributed by atoms with E-state index < -0.39 is 167 Å². The normalized spacial score (nSPS) is 25.9. The molecule has 1 aromatic rings. The lowest BCUT2D eigenvalue weighted by Crippen LogP contribution is -2.64. The van der Waals surface area contributed by atoms with E-state index in [0.29, 0.717) is 63.6 Å². The van der Waals surface area contributed by atoms with E-state index >= 15 is 28.8 Å². The van der Waals surface area contributed by atoms with Gasteiger partial charge in [0.1, 0.15) is 47.8 Å². The lowest BCUT2D eigenvalue weighted by molar-refractivity contribution is -0.155. The SMILES string of the molecule is CC[C@H](C)[C@@H]1NC(=O)[C@H](CC(C)C)N(C)C(=O)C[C@@H](C(=O)N2CCCCC2)N(C)C(=O)[C@H](CCC(C)C)N(C)C(=O)C2(CCCC2)NC(=O)[C@@H]2CCCN2C(=O)[C@H](CCc2ccc(C(F)(F)F)c(Cl)c2)NC(=O)CN(C)C(=O)[C@H](CC2CCCCC2)N(C)C(=O)CN(C)C(=O)CN(C)C1=O. The summed E-state index contributed by atoms with van der Waals surface area (Å²) in [6.45, 7) is 10.3. The zero-order valence-electron chi connectivity index (χ0n) is 61.3. The van der Waals surface area contributed by atoms with Gasteiger partial charge in [0.05, 0.1) is 36.6 Å². The van der Waals surface area contributed by atoms with Gasteiger partial charge in [0.15, 0.2) is 0 Å². The van der Waals surface area contributed by atoms with Crippen LogP contribution in [-0.2, 0) is 70.1 Å². The third-order valence-electron chi connectivity index (χ3n) is 21.4. The van der Waals surface area contributed by atoms with Gasteiger partial charge in [0.25, 0.3) is 0 Å². The molecule has 0 bridgehead atoms. The summed E-state index contributed by atoms with van der Waals surface area (Å²) < 4.78 is 41.6. The molecule has 1 aromatic carbocycles. The number of hydrogen-bond acceptors (Lipinski definition) is 12. The number of rotatable bonds is 13. The Hall–Kier alpha value is -7.06. The third-order valence-corrected chi connectivity index (χ3v) is 21.7. The van der Waals surface area contributed by atoms with E-state index in [0.717, 1.165) is 65.4 Å². The van der Waals surface area contributed by atoms with Crippen LogP contribution in [0.25, 0.3) is 0 Å². The first-order chi connectivity index (χ1) is 47.0. The standard InChI is InChI=1S/C72H112ClF3N12O12/c1-14-47(6)62-69(99)82(9)43-60(91)80(7)44-61(92)84(11)56(40-48-24-17-15-18-25-48)66(96)81(8)42-58(89)77-52(31-29-49-28-30-50(51(73)39-49)72(74,75)76)65(95)88-37-23-26-53(88)64(94)79-71(33-19-20-34-71)70(100)86(13)54(32-27-45(2)3)67(97)85(12)57(68(98)87-35-21-16-22-36-87)41-59(90)83(10)55(38-46(4)5)63(93)78-62/h28,30,39,45-48,52-57,62H,14-27,29,31-38,40-44H2,1-13H3,(H,77,89)(H,78,93)(H,79,94)/t47-,52-,53-,54-,55-,56-,57-,62-/m0/s1. The summed E-state index contributed by atoms with van der Waals surface area (Å²) in [6.07, 6.45) is 4.07. The number of fused-ring (bicyclic) bond motifs is 1. The number of amides is 12. The lowest BCUT2D eigenvalue weighted by Gasteiger charge is -2.41. The van der Waals surface area contributed by atoms with Gasteiger partial charge in [-0.2, -0.15) is 13.2 Å². The first-order valence-electron chi connectivity index (χ1n) is 36.2. The summed E-state index contributed by atoms with van der Waals surface area (Å²) in [6, 6.07) is -5.61. The molecule has 0 aromatic heterocycles. The molecule has 6 rings (SSSR count). The predicted octanol–water partition coefficient (Wildman–Crippen LogP) is 6.28. The summed E-state index contributed by atoms with van der Waals surface area (Å²) in [7, 11) is 9.92. The van der Waals surface area contributed by atoms with Crippen LogP contribution < -0.4 is 16.0 Å². The number of hydrogen-bond donors (Lipinski definition) is 3. The van der Waals surface area contributed by atoms with Crippen molar-refractivity contribution >= 4 is 82.5 Å². The van der Waals surface area contributed by atoms with E-state index in [4.69, 9.17) is 11.6 Å². The molecule has 3 saturated heterocycles. The molecule has 5 fully saturated rings. The number of likely N-dealkylation sites (N-methyl/N-ethyl adjacent to an activating group) is 7. The molecular formula is C72H112ClF3N12O12. The van der Waals surface area contributed by atoms with Gasteiger partial charge in [0, 0.05) is 69.0 Å². The second-order valence-electron chi connectivity index (χ2n) is 29.8. The second-order valence-corrected chi connectivity index (χ2v) is 30.2. The Labute approximate surface area is 594 Å². The van der Waals surface area contributed by atoms with Crippen LogP contribution in [0.4, 0.5) is 13.2 Å². The molecule has 2 saturated carbocycles. The highest BCUT2D eigenvalue weighted by Gasteiger charge is 2.50. The number of benzene rings is 1. The van der Waals surface area contributed by atoms with Crippen LogP contribution in [0.5, 0.6) is 0 Å². The molecular weight excluding hydrogens is 1320 g/mol. The van der Waals surface area contributed by atoms with E-state index in [2.05, 4.69) is 16.0 Å². The molecule has 28 heteroatoms. The molecule has 5 aliphatic rings. The number of piperidine rings is 1. The van der Waals surface area contributed by atoms with Gasteiger partial charge in [-0.1, -0.05) is 111 Å². The van der Waals surface area contributed by atoms with Crippen molar-refractivity contribution < 1.29 is 70.7 Å². The molecule has 3 aliphatic heterocycles. The van der Waals surface area contributed by atoms with Crippen LogP contribution in [0.1, 0.15) is 188 Å². The Kier molecular flexibility index (Phi) is 30.1. The monoisotopic (exact) mass is 1430 g/mol. The van der Waals surface area contributed by atoms with Crippen molar-refractivity contribution in [1.82, 2.24) is 60.0 Å². The number of alkyl halides is 3. The first-order valence-corrected chi connectivity index (χ1v) is 36.6. The molecule has 1 spiro atoms. The number of likely N-dealkylation sites (tertiary alicyclic amines) is 1. The summed E-state index contributed by atoms with van der Waals surface area (Å²) in [5.41, 5.74) is -2.35. The van der Waals surface area contributed by atoms with Gasteiger partial charge in [-0.05, 0) is 125 Å². The Morgan fingerprint density at radius 2 is 1.22 bits per heavy atom. The summed E-state index contributed by atoms with van der Waals surface area (Å²) >= 11 is 6.15. The molecule has 24 nitrogen and oxygen atoms in total. The van der Waals surface area contributed by atoms with Crippen molar-refractivity contribution in [1.29, 1.82) is 0 Å². The van der Waals surface area contributed by atoms with Crippen molar-refractivity contribution in [3.05, 3.63) is 34.3 Å². The molecule has 0 radical (unpaired) electrons. The van der Waals surface area contributed by atoms with Gasteiger partial charge in [-0.25, -0.2) is 0 Å². The average molecular weight is 1430 g/mol. The van der Waals surface area contributed by atoms with Crippen molar-refractivity contribution in [3.63, 3.8) is 0 Å². The van der Waals surface area contributed by atoms with E-state index in [-0.39, 0.29) is 75.7 Å². The molecule has 0 unspecified atom stereocenters. The fourth-order valence-corrected chi connectivity index (χ4v) is 15.0. The third kappa shape index (κ3) is 21.3. The fourth-order valence-electron chi connectivity index (χ4n) is 14.7. The van der Waals surface area contributed by atoms with Gasteiger partial charge in [0.2, 0.25) is 70.9 Å². The number of aryl methyl sites for hydroxylation is 1. The van der Waals surface area contributed by atoms with Gasteiger partial charge in [-0.15, -0.1) is 0 Å². The molecule has 3 heterocycles. The summed E-state index contributed by atoms with van der Waals surface area (Å²) in [5, 5.41) is 8.13. The smallest absolute Gasteiger partial charge is 0.343 e. The van der Waals surface area contributed by atoms with Crippen LogP contribution in [-0.4, -0.2) is 251 Å². The lowest BCUT2D eigenvalue weighted by atomic mass is 9.84. The minimum absolute atomic E-state index is 0.0182. The number of carbonyl (C=O) groups excluding carboxylic acids is 12. The van der Waals surface area contributed by atoms with Gasteiger partial charge >= 0.3 is 6.18 Å². The molecule has 2 aliphatic carbocycles. The van der Waals surface area contributed by atoms with E-state index in [1.54, 1.807) is 11.8 Å². The summed E-state index contributed by atoms with van der Waals surface area (Å²) in [5.74, 6) is -8.42. The minimum Gasteiger partial charge on any atom is -0.343 e. The summed E-state index contributed by atoms with van der Waals surface area (Å²) in [4.78, 5) is 190. The molecule has 100 heavy (non-hydrogen) atoms. The number of nitrogens with one attached hydrogen (secondary N) is 3. The first kappa shape index (κ1) is 81.9. The molecule has 560 valence electrons. The number of halogens is 4. The Balaban J connectivity index is 1.43. The largest absolute Gasteiger partial charge is 0.417 e. The van der Waals surface area contributed by atoms with E-state index in [9.17, 15) is 41.9 Å². The van der Waals surface area contributed by atoms with Crippen molar-refractivity contribution in [2.75, 3.05) is 88.6 Å². The molecule has 12 amide bonds. The zero-order chi connectivity index (χ0) is 74.2. The maximum atomic E-state index is 15.5. The quantitative estimate of drug-likeness (QED) is 0.197. The van der Waals surface area contributed by atoms with Crippen LogP contribution in [0.3, 0.4) is 0 Å². The Morgan fingerprint density at radius 3 is 1.82 bits per heavy atom. The number of carbonyl (C=O) groups is 12. The van der Waals surface area contributed by atoms with Crippen LogP contribution in [0.15, 0.2) is 18.2 Å². The van der Waals surface area contributed by atoms with Crippen molar-refractivity contribution in [3.8, 4) is 0 Å². The van der Waals surface area contributed by atoms with Crippen molar-refractivity contribution in [2.45, 2.75) is 237 Å². The highest BCUT2D eigenvalue weighted by atomic mass is 35.5. The second kappa shape index (κ2) is 36.7. The Bertz CT molecular complexity index is 3080. The van der Waals surface area contributed by atoms with Gasteiger partial charge < -0.3 is 60.0 Å². The van der Waals surface area contributed by atoms with E-state index in [1.807, 2.05) is 34.6 Å². The van der Waals surface area contributed by atoms with Crippen molar-refractivity contribution in [2.24, 2.45) is 23.7 Å². The van der Waals surface area contributed by atoms with E-state index in [1.165, 1.54) is 79.9 Å². The van der Waals surface area contributed by atoms with Gasteiger partial charge in [-0.3, -0.25) is 57.5 Å². The molecule has 8 atom stereocenters. The average Bonchev–Trinajstić information content (AvgIpc) is 1.48. The van der Waals surface area contributed by atoms with Crippen LogP contribution in [0.2, 0.25) is 5.02 Å². The highest BCUT2D eigenvalue weighted by molar-refractivity contribution is 6.31. The maximum absolute atomic E-state index is 15.5. The fraction of sp³-hybridized carbons (Fsp3) is 0.750. The predicted molar refractivity (Wildman–Crippen MR) is 371 cm³/mol. The topological polar surface area (TPSA) is 270 Å². The minimum atomic E-state index is -4.76. The van der Waals surface area contributed by atoms with Crippen LogP contribution >= 0.6 is 11.6 Å². The number of nitrogens with zero attached hydrogens (tertiary/aromatic N) is 9. The maximum Gasteiger partial charge on any atom is 0.417 e. The van der Waals surface area contributed by atoms with Crippen LogP contribution in [0, 0.1) is 23.7 Å².